The van der Waals surface area contributed by atoms with Crippen LogP contribution in [0.15, 0.2) is 48.7 Å². The van der Waals surface area contributed by atoms with Gasteiger partial charge in [-0.2, -0.15) is 13.2 Å². The van der Waals surface area contributed by atoms with Crippen molar-refractivity contribution in [1.29, 1.82) is 0 Å². The minimum Gasteiger partial charge on any atom is -0.318 e. The van der Waals surface area contributed by atoms with Gasteiger partial charge in [0.05, 0.1) is 5.56 Å². The zero-order valence-corrected chi connectivity index (χ0v) is 11.0. The topological polar surface area (TPSA) is 71.1 Å². The maximum absolute atomic E-state index is 12.6. The summed E-state index contributed by atoms with van der Waals surface area (Å²) in [6, 6.07) is 8.69. The molecule has 0 radical (unpaired) electrons. The van der Waals surface area contributed by atoms with Gasteiger partial charge in [0.25, 0.3) is 0 Å². The van der Waals surface area contributed by atoms with Crippen molar-refractivity contribution >= 4 is 23.3 Å². The van der Waals surface area contributed by atoms with Crippen molar-refractivity contribution in [2.45, 2.75) is 6.18 Å². The number of nitrogens with zero attached hydrogens (tertiary/aromatic N) is 1. The molecule has 2 N–H and O–H groups in total. The van der Waals surface area contributed by atoms with Gasteiger partial charge in [0.15, 0.2) is 0 Å². The number of nitrogens with one attached hydrogen (secondary N) is 2. The van der Waals surface area contributed by atoms with Gasteiger partial charge in [0.2, 0.25) is 0 Å². The van der Waals surface area contributed by atoms with Gasteiger partial charge in [-0.3, -0.25) is 9.59 Å². The lowest BCUT2D eigenvalue weighted by Crippen LogP contribution is -2.29. The fourth-order valence-electron chi connectivity index (χ4n) is 1.57. The number of carbonyl (C=O) groups excluding carboxylic acids is 2. The number of carbonyl (C=O) groups is 2. The molecule has 5 nitrogen and oxygen atoms in total. The van der Waals surface area contributed by atoms with Crippen molar-refractivity contribution in [2.24, 2.45) is 0 Å². The minimum absolute atomic E-state index is 0.129. The average molecular weight is 309 g/mol. The lowest BCUT2D eigenvalue weighted by molar-refractivity contribution is -0.137. The van der Waals surface area contributed by atoms with Gasteiger partial charge in [0, 0.05) is 11.9 Å². The third-order valence-electron chi connectivity index (χ3n) is 2.56. The van der Waals surface area contributed by atoms with E-state index in [2.05, 4.69) is 15.6 Å². The maximum Gasteiger partial charge on any atom is 0.416 e. The van der Waals surface area contributed by atoms with E-state index >= 15 is 0 Å². The number of aromatic nitrogens is 1. The maximum atomic E-state index is 12.6. The van der Waals surface area contributed by atoms with Crippen molar-refractivity contribution in [2.75, 3.05) is 10.6 Å². The number of halogens is 3. The van der Waals surface area contributed by atoms with Crippen molar-refractivity contribution in [3.8, 4) is 0 Å². The molecule has 2 amide bonds. The van der Waals surface area contributed by atoms with Crippen LogP contribution < -0.4 is 10.6 Å². The lowest BCUT2D eigenvalue weighted by Gasteiger charge is -2.09. The van der Waals surface area contributed by atoms with E-state index in [-0.39, 0.29) is 11.5 Å². The molecule has 0 fully saturated rings. The quantitative estimate of drug-likeness (QED) is 0.838. The fourth-order valence-corrected chi connectivity index (χ4v) is 1.57. The van der Waals surface area contributed by atoms with E-state index in [0.29, 0.717) is 0 Å². The third-order valence-corrected chi connectivity index (χ3v) is 2.56. The van der Waals surface area contributed by atoms with E-state index in [9.17, 15) is 22.8 Å². The summed E-state index contributed by atoms with van der Waals surface area (Å²) in [5, 5.41) is 4.32. The number of benzene rings is 1. The Morgan fingerprint density at radius 3 is 2.32 bits per heavy atom. The number of amides is 2. The highest BCUT2D eigenvalue weighted by atomic mass is 19.4. The SMILES string of the molecule is O=C(Nc1cccc(C(F)(F)F)c1)C(=O)Nc1ccccn1. The van der Waals surface area contributed by atoms with Crippen molar-refractivity contribution in [3.05, 3.63) is 54.2 Å². The van der Waals surface area contributed by atoms with E-state index < -0.39 is 23.6 Å². The lowest BCUT2D eigenvalue weighted by atomic mass is 10.2. The third kappa shape index (κ3) is 4.05. The van der Waals surface area contributed by atoms with Crippen LogP contribution in [0.3, 0.4) is 0 Å². The molecule has 0 unspecified atom stereocenters. The first kappa shape index (κ1) is 15.5. The summed E-state index contributed by atoms with van der Waals surface area (Å²) in [5.74, 6) is -1.97. The monoisotopic (exact) mass is 309 g/mol. The van der Waals surface area contributed by atoms with Crippen molar-refractivity contribution in [3.63, 3.8) is 0 Å². The van der Waals surface area contributed by atoms with E-state index in [1.807, 2.05) is 0 Å². The standard InChI is InChI=1S/C14H10F3N3O2/c15-14(16,17)9-4-3-5-10(8-9)19-12(21)13(22)20-11-6-1-2-7-18-11/h1-8H,(H,19,21)(H,18,20,22). The number of anilines is 2. The Balaban J connectivity index is 2.04. The van der Waals surface area contributed by atoms with Crippen LogP contribution in [-0.4, -0.2) is 16.8 Å². The van der Waals surface area contributed by atoms with Crippen molar-refractivity contribution in [1.82, 2.24) is 4.98 Å². The molecule has 22 heavy (non-hydrogen) atoms. The van der Waals surface area contributed by atoms with Gasteiger partial charge in [-0.25, -0.2) is 4.98 Å². The second-order valence-electron chi connectivity index (χ2n) is 4.20. The van der Waals surface area contributed by atoms with Crippen LogP contribution in [0.5, 0.6) is 0 Å². The molecular formula is C14H10F3N3O2. The number of pyridine rings is 1. The van der Waals surface area contributed by atoms with Crippen LogP contribution in [-0.2, 0) is 15.8 Å². The summed E-state index contributed by atoms with van der Waals surface area (Å²) in [6.45, 7) is 0. The average Bonchev–Trinajstić information content (AvgIpc) is 2.47. The van der Waals surface area contributed by atoms with Gasteiger partial charge in [-0.05, 0) is 30.3 Å². The van der Waals surface area contributed by atoms with Gasteiger partial charge in [-0.15, -0.1) is 0 Å². The molecule has 2 rings (SSSR count). The second-order valence-corrected chi connectivity index (χ2v) is 4.20. The van der Waals surface area contributed by atoms with Crippen LogP contribution >= 0.6 is 0 Å². The Bertz CT molecular complexity index is 687. The molecule has 0 aliphatic rings. The highest BCUT2D eigenvalue weighted by Crippen LogP contribution is 2.30. The van der Waals surface area contributed by atoms with Crippen LogP contribution in [0.1, 0.15) is 5.56 Å². The van der Waals surface area contributed by atoms with Crippen LogP contribution in [0.4, 0.5) is 24.7 Å². The molecule has 0 bridgehead atoms. The molecule has 0 saturated heterocycles. The van der Waals surface area contributed by atoms with E-state index in [1.54, 1.807) is 12.1 Å². The van der Waals surface area contributed by atoms with Gasteiger partial charge >= 0.3 is 18.0 Å². The first-order chi connectivity index (χ1) is 10.4. The molecule has 1 aromatic carbocycles. The molecule has 114 valence electrons. The highest BCUT2D eigenvalue weighted by molar-refractivity contribution is 6.43. The summed E-state index contributed by atoms with van der Waals surface area (Å²) in [7, 11) is 0. The molecule has 8 heteroatoms. The highest BCUT2D eigenvalue weighted by Gasteiger charge is 2.30. The van der Waals surface area contributed by atoms with Gasteiger partial charge in [-0.1, -0.05) is 12.1 Å². The summed E-state index contributed by atoms with van der Waals surface area (Å²) in [5.41, 5.74) is -1.05. The molecule has 0 aliphatic heterocycles. The smallest absolute Gasteiger partial charge is 0.318 e. The predicted molar refractivity (Wildman–Crippen MR) is 72.9 cm³/mol. The number of rotatable bonds is 2. The number of alkyl halides is 3. The summed E-state index contributed by atoms with van der Waals surface area (Å²) in [4.78, 5) is 27.1. The predicted octanol–water partition coefficient (Wildman–Crippen LogP) is 2.68. The molecule has 1 aromatic heterocycles. The summed E-state index contributed by atoms with van der Waals surface area (Å²) < 4.78 is 37.7. The molecular weight excluding hydrogens is 299 g/mol. The normalized spacial score (nSPS) is 10.9. The molecule has 0 aliphatic carbocycles. The Kier molecular flexibility index (Phi) is 4.40. The Labute approximate surface area is 123 Å². The van der Waals surface area contributed by atoms with Crippen LogP contribution in [0.25, 0.3) is 0 Å². The fraction of sp³-hybridized carbons (Fsp3) is 0.0714. The first-order valence-electron chi connectivity index (χ1n) is 6.07. The second kappa shape index (κ2) is 6.25. The number of hydrogen-bond donors (Lipinski definition) is 2. The van der Waals surface area contributed by atoms with Crippen LogP contribution in [0.2, 0.25) is 0 Å². The van der Waals surface area contributed by atoms with Gasteiger partial charge in [0.1, 0.15) is 5.82 Å². The minimum atomic E-state index is -4.53. The molecule has 2 aromatic rings. The number of hydrogen-bond acceptors (Lipinski definition) is 3. The van der Waals surface area contributed by atoms with E-state index in [1.165, 1.54) is 18.3 Å². The Morgan fingerprint density at radius 1 is 0.955 bits per heavy atom. The molecule has 0 saturated carbocycles. The zero-order valence-electron chi connectivity index (χ0n) is 11.0. The Hall–Kier alpha value is -2.90. The largest absolute Gasteiger partial charge is 0.416 e. The van der Waals surface area contributed by atoms with Crippen molar-refractivity contribution < 1.29 is 22.8 Å². The van der Waals surface area contributed by atoms with E-state index in [0.717, 1.165) is 18.2 Å². The zero-order chi connectivity index (χ0) is 16.2. The van der Waals surface area contributed by atoms with E-state index in [4.69, 9.17) is 0 Å². The molecule has 0 atom stereocenters. The Morgan fingerprint density at radius 2 is 1.68 bits per heavy atom. The molecule has 0 spiro atoms. The van der Waals surface area contributed by atoms with Gasteiger partial charge < -0.3 is 10.6 Å². The summed E-state index contributed by atoms with van der Waals surface area (Å²) >= 11 is 0. The molecule has 1 heterocycles. The van der Waals surface area contributed by atoms with Crippen LogP contribution in [0, 0.1) is 0 Å². The first-order valence-corrected chi connectivity index (χ1v) is 6.07. The summed E-state index contributed by atoms with van der Waals surface area (Å²) in [6.07, 6.45) is -3.11.